The van der Waals surface area contributed by atoms with E-state index >= 15 is 0 Å². The highest BCUT2D eigenvalue weighted by Crippen LogP contribution is 2.25. The van der Waals surface area contributed by atoms with E-state index in [2.05, 4.69) is 51.1 Å². The minimum Gasteiger partial charge on any atom is -0.241 e. The van der Waals surface area contributed by atoms with Gasteiger partial charge in [-0.3, -0.25) is 0 Å². The molecule has 2 rings (SSSR count). The average molecular weight is 314 g/mol. The Hall–Kier alpha value is -0.320. The highest BCUT2D eigenvalue weighted by Gasteiger charge is 2.04. The monoisotopic (exact) mass is 313 g/mol. The fourth-order valence-corrected chi connectivity index (χ4v) is 2.84. The number of thiol groups is 1. The van der Waals surface area contributed by atoms with Crippen molar-refractivity contribution in [2.45, 2.75) is 12.8 Å². The molecule has 2 aromatic rings. The minimum atomic E-state index is 0.922. The Kier molecular flexibility index (Phi) is 4.44. The van der Waals surface area contributed by atoms with Crippen LogP contribution in [0.5, 0.6) is 0 Å². The lowest BCUT2D eigenvalue weighted by atomic mass is 10.2. The van der Waals surface area contributed by atoms with Gasteiger partial charge in [-0.05, 0) is 24.3 Å². The molecule has 84 valence electrons. The number of thiazole rings is 1. The first-order chi connectivity index (χ1) is 7.79. The van der Waals surface area contributed by atoms with Gasteiger partial charge in [-0.2, -0.15) is 12.6 Å². The number of nitrogens with zero attached hydrogens (tertiary/aromatic N) is 1. The molecule has 0 unspecified atom stereocenters. The molecule has 1 aromatic heterocycles. The molecule has 4 heteroatoms. The second kappa shape index (κ2) is 5.84. The molecular formula is C12H12BrNS2. The first-order valence-corrected chi connectivity index (χ1v) is 7.41. The van der Waals surface area contributed by atoms with Crippen LogP contribution in [0.25, 0.3) is 11.3 Å². The number of hydrogen-bond acceptors (Lipinski definition) is 3. The van der Waals surface area contributed by atoms with Crippen LogP contribution in [0.1, 0.15) is 11.4 Å². The van der Waals surface area contributed by atoms with E-state index < -0.39 is 0 Å². The summed E-state index contributed by atoms with van der Waals surface area (Å²) in [6, 6.07) is 8.24. The number of hydrogen-bond donors (Lipinski definition) is 1. The zero-order chi connectivity index (χ0) is 11.4. The quantitative estimate of drug-likeness (QED) is 0.824. The fourth-order valence-electron chi connectivity index (χ4n) is 1.44. The normalized spacial score (nSPS) is 10.6. The standard InChI is InChI=1S/C12H12BrNS2/c13-10-4-1-3-9(7-10)11-8-16-12(14-11)5-2-6-15/h1,3-4,7-8,15H,2,5-6H2. The predicted molar refractivity (Wildman–Crippen MR) is 77.4 cm³/mol. The molecule has 0 aliphatic heterocycles. The van der Waals surface area contributed by atoms with Gasteiger partial charge in [0.15, 0.2) is 0 Å². The van der Waals surface area contributed by atoms with Crippen molar-refractivity contribution in [1.82, 2.24) is 4.98 Å². The zero-order valence-corrected chi connectivity index (χ0v) is 12.0. The molecule has 0 atom stereocenters. The molecule has 1 heterocycles. The SMILES string of the molecule is SCCCc1nc(-c2cccc(Br)c2)cs1. The van der Waals surface area contributed by atoms with Crippen molar-refractivity contribution in [3.8, 4) is 11.3 Å². The maximum atomic E-state index is 4.62. The van der Waals surface area contributed by atoms with E-state index in [-0.39, 0.29) is 0 Å². The molecule has 0 aliphatic rings. The number of benzene rings is 1. The lowest BCUT2D eigenvalue weighted by molar-refractivity contribution is 0.923. The molecule has 0 amide bonds. The summed E-state index contributed by atoms with van der Waals surface area (Å²) in [5, 5.41) is 3.32. The molecule has 0 spiro atoms. The number of aryl methyl sites for hydroxylation is 1. The van der Waals surface area contributed by atoms with E-state index in [9.17, 15) is 0 Å². The summed E-state index contributed by atoms with van der Waals surface area (Å²) in [6.45, 7) is 0. The summed E-state index contributed by atoms with van der Waals surface area (Å²) in [4.78, 5) is 4.62. The van der Waals surface area contributed by atoms with Gasteiger partial charge in [0.25, 0.3) is 0 Å². The van der Waals surface area contributed by atoms with E-state index in [1.54, 1.807) is 11.3 Å². The van der Waals surface area contributed by atoms with Crippen LogP contribution in [0.3, 0.4) is 0 Å². The van der Waals surface area contributed by atoms with Crippen molar-refractivity contribution in [3.05, 3.63) is 39.1 Å². The van der Waals surface area contributed by atoms with Gasteiger partial charge in [-0.25, -0.2) is 4.98 Å². The molecule has 0 radical (unpaired) electrons. The largest absolute Gasteiger partial charge is 0.241 e. The van der Waals surface area contributed by atoms with Crippen molar-refractivity contribution in [2.24, 2.45) is 0 Å². The lowest BCUT2D eigenvalue weighted by Crippen LogP contribution is -1.85. The van der Waals surface area contributed by atoms with Crippen molar-refractivity contribution in [1.29, 1.82) is 0 Å². The Morgan fingerprint density at radius 3 is 3.00 bits per heavy atom. The molecule has 0 N–H and O–H groups in total. The van der Waals surface area contributed by atoms with Crippen LogP contribution in [0, 0.1) is 0 Å². The molecule has 0 saturated carbocycles. The third kappa shape index (κ3) is 3.09. The van der Waals surface area contributed by atoms with Gasteiger partial charge in [-0.1, -0.05) is 28.1 Å². The van der Waals surface area contributed by atoms with E-state index in [1.807, 2.05) is 12.1 Å². The summed E-state index contributed by atoms with van der Waals surface area (Å²) >= 11 is 9.42. The summed E-state index contributed by atoms with van der Waals surface area (Å²) in [7, 11) is 0. The highest BCUT2D eigenvalue weighted by atomic mass is 79.9. The van der Waals surface area contributed by atoms with Gasteiger partial charge < -0.3 is 0 Å². The van der Waals surface area contributed by atoms with Gasteiger partial charge in [0, 0.05) is 21.8 Å². The summed E-state index contributed by atoms with van der Waals surface area (Å²) in [5.41, 5.74) is 2.24. The van der Waals surface area contributed by atoms with Crippen LogP contribution < -0.4 is 0 Å². The minimum absolute atomic E-state index is 0.922. The summed E-state index contributed by atoms with van der Waals surface area (Å²) in [6.07, 6.45) is 2.12. The molecular weight excluding hydrogens is 302 g/mol. The molecule has 0 fully saturated rings. The van der Waals surface area contributed by atoms with Crippen molar-refractivity contribution < 1.29 is 0 Å². The van der Waals surface area contributed by atoms with Gasteiger partial charge in [-0.15, -0.1) is 11.3 Å². The molecule has 16 heavy (non-hydrogen) atoms. The van der Waals surface area contributed by atoms with E-state index in [4.69, 9.17) is 0 Å². The Labute approximate surface area is 113 Å². The zero-order valence-electron chi connectivity index (χ0n) is 8.69. The Bertz CT molecular complexity index is 468. The van der Waals surface area contributed by atoms with Crippen LogP contribution in [-0.4, -0.2) is 10.7 Å². The van der Waals surface area contributed by atoms with Crippen molar-refractivity contribution in [3.63, 3.8) is 0 Å². The average Bonchev–Trinajstić information content (AvgIpc) is 2.75. The molecule has 1 nitrogen and oxygen atoms in total. The van der Waals surface area contributed by atoms with E-state index in [1.165, 1.54) is 10.6 Å². The maximum Gasteiger partial charge on any atom is 0.0932 e. The Morgan fingerprint density at radius 1 is 1.38 bits per heavy atom. The number of rotatable bonds is 4. The maximum absolute atomic E-state index is 4.62. The summed E-state index contributed by atoms with van der Waals surface area (Å²) < 4.78 is 1.09. The highest BCUT2D eigenvalue weighted by molar-refractivity contribution is 9.10. The summed E-state index contributed by atoms with van der Waals surface area (Å²) in [5.74, 6) is 0.922. The Morgan fingerprint density at radius 2 is 2.25 bits per heavy atom. The fraction of sp³-hybridized carbons (Fsp3) is 0.250. The van der Waals surface area contributed by atoms with Crippen LogP contribution in [-0.2, 0) is 6.42 Å². The predicted octanol–water partition coefficient (Wildman–Crippen LogP) is 4.44. The topological polar surface area (TPSA) is 12.9 Å². The molecule has 0 bridgehead atoms. The van der Waals surface area contributed by atoms with Crippen LogP contribution >= 0.6 is 39.9 Å². The first-order valence-electron chi connectivity index (χ1n) is 5.11. The third-order valence-corrected chi connectivity index (χ3v) is 3.94. The lowest BCUT2D eigenvalue weighted by Gasteiger charge is -1.97. The number of halogens is 1. The van der Waals surface area contributed by atoms with Gasteiger partial charge in [0.05, 0.1) is 10.7 Å². The van der Waals surface area contributed by atoms with Crippen LogP contribution in [0.2, 0.25) is 0 Å². The molecule has 0 saturated heterocycles. The number of aromatic nitrogens is 1. The smallest absolute Gasteiger partial charge is 0.0932 e. The van der Waals surface area contributed by atoms with Gasteiger partial charge >= 0.3 is 0 Å². The second-order valence-corrected chi connectivity index (χ2v) is 5.77. The second-order valence-electron chi connectivity index (χ2n) is 3.46. The van der Waals surface area contributed by atoms with E-state index in [0.29, 0.717) is 0 Å². The third-order valence-electron chi connectivity index (χ3n) is 2.22. The van der Waals surface area contributed by atoms with E-state index in [0.717, 1.165) is 28.8 Å². The van der Waals surface area contributed by atoms with Gasteiger partial charge in [0.2, 0.25) is 0 Å². The Balaban J connectivity index is 2.18. The first kappa shape index (κ1) is 12.1. The van der Waals surface area contributed by atoms with Crippen molar-refractivity contribution >= 4 is 39.9 Å². The van der Waals surface area contributed by atoms with Crippen LogP contribution in [0.4, 0.5) is 0 Å². The molecule has 0 aliphatic carbocycles. The van der Waals surface area contributed by atoms with Crippen LogP contribution in [0.15, 0.2) is 34.1 Å². The van der Waals surface area contributed by atoms with Gasteiger partial charge in [0.1, 0.15) is 0 Å². The molecule has 1 aromatic carbocycles. The van der Waals surface area contributed by atoms with Crippen molar-refractivity contribution in [2.75, 3.05) is 5.75 Å².